The van der Waals surface area contributed by atoms with E-state index in [9.17, 15) is 4.79 Å². The fourth-order valence-electron chi connectivity index (χ4n) is 1.48. The minimum atomic E-state index is -0.652. The molecule has 0 aromatic carbocycles. The van der Waals surface area contributed by atoms with E-state index < -0.39 is 5.41 Å². The molecule has 1 aliphatic rings. The maximum Gasteiger partial charge on any atom is 0.137 e. The quantitative estimate of drug-likeness (QED) is 0.625. The van der Waals surface area contributed by atoms with E-state index in [4.69, 9.17) is 9.68 Å². The molecule has 1 aromatic rings. The van der Waals surface area contributed by atoms with E-state index in [1.54, 1.807) is 12.1 Å². The van der Waals surface area contributed by atoms with Gasteiger partial charge in [-0.3, -0.25) is 4.79 Å². The first kappa shape index (κ1) is 7.11. The predicted octanol–water partition coefficient (Wildman–Crippen LogP) is 1.40. The molecule has 1 aliphatic carbocycles. The van der Waals surface area contributed by atoms with Gasteiger partial charge in [-0.25, -0.2) is 0 Å². The summed E-state index contributed by atoms with van der Waals surface area (Å²) in [6.07, 6.45) is 2.13. The standard InChI is InChI=1S/C9H7NO2/c10-6-9(4-7(11)5-9)8-2-1-3-12-8/h1-3H,4-5H2. The van der Waals surface area contributed by atoms with Gasteiger partial charge in [0.25, 0.3) is 0 Å². The molecule has 1 fully saturated rings. The van der Waals surface area contributed by atoms with Crippen LogP contribution in [0.4, 0.5) is 0 Å². The number of Topliss-reactive ketones (excluding diaryl/α,β-unsaturated/α-hetero) is 1. The summed E-state index contributed by atoms with van der Waals surface area (Å²) in [5.41, 5.74) is -0.652. The largest absolute Gasteiger partial charge is 0.468 e. The average molecular weight is 161 g/mol. The van der Waals surface area contributed by atoms with Gasteiger partial charge in [-0.05, 0) is 12.1 Å². The van der Waals surface area contributed by atoms with Gasteiger partial charge in [-0.1, -0.05) is 0 Å². The summed E-state index contributed by atoms with van der Waals surface area (Å²) in [5.74, 6) is 0.748. The zero-order valence-electron chi connectivity index (χ0n) is 6.41. The summed E-state index contributed by atoms with van der Waals surface area (Å²) in [7, 11) is 0. The summed E-state index contributed by atoms with van der Waals surface area (Å²) in [6.45, 7) is 0. The van der Waals surface area contributed by atoms with Gasteiger partial charge in [0.05, 0.1) is 12.3 Å². The number of ketones is 1. The summed E-state index contributed by atoms with van der Waals surface area (Å²) in [5, 5.41) is 8.86. The lowest BCUT2D eigenvalue weighted by atomic mass is 9.67. The molecule has 0 amide bonds. The molecular weight excluding hydrogens is 154 g/mol. The van der Waals surface area contributed by atoms with E-state index in [-0.39, 0.29) is 5.78 Å². The van der Waals surface area contributed by atoms with E-state index in [1.165, 1.54) is 6.26 Å². The molecule has 0 bridgehead atoms. The highest BCUT2D eigenvalue weighted by molar-refractivity contribution is 5.89. The molecule has 1 saturated carbocycles. The second-order valence-corrected chi connectivity index (χ2v) is 3.06. The first-order chi connectivity index (χ1) is 5.77. The van der Waals surface area contributed by atoms with Crippen molar-refractivity contribution >= 4 is 5.78 Å². The van der Waals surface area contributed by atoms with Crippen molar-refractivity contribution in [2.45, 2.75) is 18.3 Å². The highest BCUT2D eigenvalue weighted by atomic mass is 16.3. The van der Waals surface area contributed by atoms with Gasteiger partial charge in [0, 0.05) is 12.8 Å². The normalized spacial score (nSPS) is 19.8. The molecule has 0 N–H and O–H groups in total. The second-order valence-electron chi connectivity index (χ2n) is 3.06. The van der Waals surface area contributed by atoms with Crippen LogP contribution in [0.3, 0.4) is 0 Å². The van der Waals surface area contributed by atoms with E-state index in [0.717, 1.165) is 0 Å². The summed E-state index contributed by atoms with van der Waals surface area (Å²) < 4.78 is 5.11. The fourth-order valence-corrected chi connectivity index (χ4v) is 1.48. The Morgan fingerprint density at radius 2 is 2.33 bits per heavy atom. The van der Waals surface area contributed by atoms with Crippen molar-refractivity contribution < 1.29 is 9.21 Å². The van der Waals surface area contributed by atoms with Gasteiger partial charge in [0.15, 0.2) is 0 Å². The van der Waals surface area contributed by atoms with Gasteiger partial charge in [0.1, 0.15) is 17.0 Å². The Labute approximate surface area is 69.6 Å². The van der Waals surface area contributed by atoms with Crippen LogP contribution >= 0.6 is 0 Å². The van der Waals surface area contributed by atoms with Crippen LogP contribution in [0, 0.1) is 11.3 Å². The van der Waals surface area contributed by atoms with Gasteiger partial charge < -0.3 is 4.42 Å². The van der Waals surface area contributed by atoms with Crippen molar-refractivity contribution in [3.05, 3.63) is 24.2 Å². The highest BCUT2D eigenvalue weighted by Crippen LogP contribution is 2.40. The lowest BCUT2D eigenvalue weighted by molar-refractivity contribution is -0.127. The molecule has 3 nitrogen and oxygen atoms in total. The van der Waals surface area contributed by atoms with Crippen LogP contribution in [0.15, 0.2) is 22.8 Å². The fraction of sp³-hybridized carbons (Fsp3) is 0.333. The topological polar surface area (TPSA) is 54.0 Å². The van der Waals surface area contributed by atoms with E-state index in [1.807, 2.05) is 0 Å². The molecule has 0 radical (unpaired) electrons. The Morgan fingerprint density at radius 3 is 2.75 bits per heavy atom. The molecule has 2 rings (SSSR count). The van der Waals surface area contributed by atoms with E-state index in [0.29, 0.717) is 18.6 Å². The lowest BCUT2D eigenvalue weighted by Crippen LogP contribution is -2.39. The van der Waals surface area contributed by atoms with Gasteiger partial charge in [-0.15, -0.1) is 0 Å². The number of nitriles is 1. The third-order valence-electron chi connectivity index (χ3n) is 2.20. The van der Waals surface area contributed by atoms with Gasteiger partial charge in [0.2, 0.25) is 0 Å². The van der Waals surface area contributed by atoms with Crippen LogP contribution in [0.25, 0.3) is 0 Å². The summed E-state index contributed by atoms with van der Waals surface area (Å²) in [6, 6.07) is 5.61. The number of rotatable bonds is 1. The zero-order chi connectivity index (χ0) is 8.60. The molecule has 1 aromatic heterocycles. The van der Waals surface area contributed by atoms with Crippen molar-refractivity contribution in [3.8, 4) is 6.07 Å². The molecule has 0 saturated heterocycles. The SMILES string of the molecule is N#CC1(c2ccco2)CC(=O)C1. The minimum Gasteiger partial charge on any atom is -0.468 e. The van der Waals surface area contributed by atoms with Crippen LogP contribution in [-0.2, 0) is 10.2 Å². The van der Waals surface area contributed by atoms with Gasteiger partial charge in [-0.2, -0.15) is 5.26 Å². The Kier molecular flexibility index (Phi) is 1.31. The Balaban J connectivity index is 2.34. The van der Waals surface area contributed by atoms with Crippen LogP contribution in [0.5, 0.6) is 0 Å². The van der Waals surface area contributed by atoms with Crippen molar-refractivity contribution in [1.29, 1.82) is 5.26 Å². The number of carbonyl (C=O) groups is 1. The van der Waals surface area contributed by atoms with Crippen molar-refractivity contribution in [3.63, 3.8) is 0 Å². The smallest absolute Gasteiger partial charge is 0.137 e. The van der Waals surface area contributed by atoms with Crippen LogP contribution in [0.2, 0.25) is 0 Å². The molecule has 0 unspecified atom stereocenters. The Bertz CT molecular complexity index is 337. The molecule has 0 aliphatic heterocycles. The molecule has 0 atom stereocenters. The van der Waals surface area contributed by atoms with Crippen LogP contribution < -0.4 is 0 Å². The second kappa shape index (κ2) is 2.21. The minimum absolute atomic E-state index is 0.132. The van der Waals surface area contributed by atoms with Crippen LogP contribution in [-0.4, -0.2) is 5.78 Å². The molecule has 0 spiro atoms. The van der Waals surface area contributed by atoms with Crippen molar-refractivity contribution in [2.24, 2.45) is 0 Å². The lowest BCUT2D eigenvalue weighted by Gasteiger charge is -2.31. The number of hydrogen-bond donors (Lipinski definition) is 0. The molecule has 1 heterocycles. The Morgan fingerprint density at radius 1 is 1.58 bits per heavy atom. The molecule has 60 valence electrons. The third kappa shape index (κ3) is 0.782. The predicted molar refractivity (Wildman–Crippen MR) is 40.2 cm³/mol. The maximum atomic E-state index is 10.8. The van der Waals surface area contributed by atoms with E-state index >= 15 is 0 Å². The number of carbonyl (C=O) groups excluding carboxylic acids is 1. The first-order valence-electron chi connectivity index (χ1n) is 3.74. The number of nitrogens with zero attached hydrogens (tertiary/aromatic N) is 1. The average Bonchev–Trinajstić information content (AvgIpc) is 2.50. The summed E-state index contributed by atoms with van der Waals surface area (Å²) >= 11 is 0. The highest BCUT2D eigenvalue weighted by Gasteiger charge is 2.47. The van der Waals surface area contributed by atoms with Gasteiger partial charge >= 0.3 is 0 Å². The molecule has 12 heavy (non-hydrogen) atoms. The molecule has 3 heteroatoms. The number of hydrogen-bond acceptors (Lipinski definition) is 3. The Hall–Kier alpha value is -1.56. The van der Waals surface area contributed by atoms with Crippen molar-refractivity contribution in [1.82, 2.24) is 0 Å². The number of furan rings is 1. The summed E-state index contributed by atoms with van der Waals surface area (Å²) in [4.78, 5) is 10.8. The third-order valence-corrected chi connectivity index (χ3v) is 2.20. The van der Waals surface area contributed by atoms with E-state index in [2.05, 4.69) is 6.07 Å². The zero-order valence-corrected chi connectivity index (χ0v) is 6.41. The molecular formula is C9H7NO2. The monoisotopic (exact) mass is 161 g/mol. The first-order valence-corrected chi connectivity index (χ1v) is 3.74. The maximum absolute atomic E-state index is 10.8. The van der Waals surface area contributed by atoms with Crippen molar-refractivity contribution in [2.75, 3.05) is 0 Å². The van der Waals surface area contributed by atoms with Crippen LogP contribution in [0.1, 0.15) is 18.6 Å².